The Morgan fingerprint density at radius 1 is 1.05 bits per heavy atom. The molecule has 1 aromatic heterocycles. The van der Waals surface area contributed by atoms with Gasteiger partial charge in [0.1, 0.15) is 17.5 Å². The second kappa shape index (κ2) is 8.71. The Hall–Kier alpha value is -1.40. The molecule has 20 heavy (non-hydrogen) atoms. The molecular formula is C14H27N5O. The second-order valence-electron chi connectivity index (χ2n) is 4.97. The largest absolute Gasteiger partial charge is 0.378 e. The molecule has 0 spiro atoms. The van der Waals surface area contributed by atoms with Crippen molar-refractivity contribution in [2.45, 2.75) is 20.8 Å². The van der Waals surface area contributed by atoms with Crippen molar-refractivity contribution < 1.29 is 4.74 Å². The van der Waals surface area contributed by atoms with Gasteiger partial charge in [-0.1, -0.05) is 0 Å². The Bertz CT molecular complexity index is 409. The lowest BCUT2D eigenvalue weighted by Crippen LogP contribution is -2.20. The molecule has 114 valence electrons. The van der Waals surface area contributed by atoms with Crippen molar-refractivity contribution in [2.75, 3.05) is 57.6 Å². The number of aryl methyl sites for hydroxylation is 1. The molecule has 0 amide bonds. The van der Waals surface area contributed by atoms with Crippen molar-refractivity contribution in [2.24, 2.45) is 0 Å². The lowest BCUT2D eigenvalue weighted by Gasteiger charge is -2.14. The molecule has 6 nitrogen and oxygen atoms in total. The van der Waals surface area contributed by atoms with Gasteiger partial charge in [0.25, 0.3) is 0 Å². The number of rotatable bonds is 9. The first kappa shape index (κ1) is 16.7. The zero-order valence-electron chi connectivity index (χ0n) is 13.3. The predicted molar refractivity (Wildman–Crippen MR) is 83.5 cm³/mol. The number of likely N-dealkylation sites (N-methyl/N-ethyl adjacent to an activating group) is 1. The molecule has 1 aromatic rings. The third-order valence-electron chi connectivity index (χ3n) is 2.82. The van der Waals surface area contributed by atoms with Crippen LogP contribution in [0.4, 0.5) is 11.6 Å². The molecule has 6 heteroatoms. The van der Waals surface area contributed by atoms with Crippen molar-refractivity contribution in [3.8, 4) is 0 Å². The summed E-state index contributed by atoms with van der Waals surface area (Å²) in [5, 5.41) is 6.56. The summed E-state index contributed by atoms with van der Waals surface area (Å²) in [7, 11) is 4.08. The Labute approximate surface area is 121 Å². The molecule has 0 saturated heterocycles. The number of nitrogens with one attached hydrogen (secondary N) is 2. The van der Waals surface area contributed by atoms with Crippen LogP contribution in [-0.2, 0) is 4.74 Å². The van der Waals surface area contributed by atoms with Crippen LogP contribution in [0.15, 0.2) is 0 Å². The summed E-state index contributed by atoms with van der Waals surface area (Å²) in [5.74, 6) is 2.54. The van der Waals surface area contributed by atoms with Crippen LogP contribution >= 0.6 is 0 Å². The van der Waals surface area contributed by atoms with Gasteiger partial charge >= 0.3 is 0 Å². The zero-order valence-corrected chi connectivity index (χ0v) is 13.3. The van der Waals surface area contributed by atoms with Crippen molar-refractivity contribution in [3.63, 3.8) is 0 Å². The molecular weight excluding hydrogens is 254 g/mol. The lowest BCUT2D eigenvalue weighted by atomic mass is 10.3. The van der Waals surface area contributed by atoms with E-state index in [0.29, 0.717) is 6.61 Å². The molecule has 0 aliphatic carbocycles. The number of hydrogen-bond donors (Lipinski definition) is 2. The van der Waals surface area contributed by atoms with Crippen molar-refractivity contribution in [1.29, 1.82) is 0 Å². The number of aromatic nitrogens is 2. The summed E-state index contributed by atoms with van der Waals surface area (Å²) in [6.07, 6.45) is 0. The number of anilines is 2. The van der Waals surface area contributed by atoms with Gasteiger partial charge in [-0.05, 0) is 34.9 Å². The highest BCUT2D eigenvalue weighted by Gasteiger charge is 2.07. The highest BCUT2D eigenvalue weighted by molar-refractivity contribution is 5.57. The van der Waals surface area contributed by atoms with E-state index in [-0.39, 0.29) is 0 Å². The number of hydrogen-bond acceptors (Lipinski definition) is 6. The van der Waals surface area contributed by atoms with Gasteiger partial charge in [-0.3, -0.25) is 0 Å². The van der Waals surface area contributed by atoms with E-state index in [1.807, 2.05) is 27.9 Å². The zero-order chi connectivity index (χ0) is 15.0. The summed E-state index contributed by atoms with van der Waals surface area (Å²) in [6, 6.07) is 0. The average Bonchev–Trinajstić information content (AvgIpc) is 2.38. The van der Waals surface area contributed by atoms with Crippen LogP contribution < -0.4 is 10.6 Å². The molecule has 0 radical (unpaired) electrons. The van der Waals surface area contributed by atoms with Gasteiger partial charge in [-0.25, -0.2) is 9.97 Å². The maximum absolute atomic E-state index is 5.55. The van der Waals surface area contributed by atoms with Gasteiger partial charge in [-0.15, -0.1) is 0 Å². The number of nitrogens with zero attached hydrogens (tertiary/aromatic N) is 3. The van der Waals surface area contributed by atoms with Crippen LogP contribution in [-0.4, -0.2) is 61.8 Å². The van der Waals surface area contributed by atoms with Crippen LogP contribution in [0.1, 0.15) is 18.3 Å². The van der Waals surface area contributed by atoms with Crippen LogP contribution in [0.5, 0.6) is 0 Å². The summed E-state index contributed by atoms with van der Waals surface area (Å²) < 4.78 is 5.55. The van der Waals surface area contributed by atoms with Crippen LogP contribution in [0.3, 0.4) is 0 Å². The SMILES string of the molecule is CCNc1nc(C)nc(NCCOCCN(C)C)c1C. The van der Waals surface area contributed by atoms with Crippen molar-refractivity contribution >= 4 is 11.6 Å². The minimum Gasteiger partial charge on any atom is -0.378 e. The summed E-state index contributed by atoms with van der Waals surface area (Å²) >= 11 is 0. The van der Waals surface area contributed by atoms with Crippen molar-refractivity contribution in [3.05, 3.63) is 11.4 Å². The first-order valence-corrected chi connectivity index (χ1v) is 7.10. The fourth-order valence-corrected chi connectivity index (χ4v) is 1.73. The molecule has 0 unspecified atom stereocenters. The molecule has 0 bridgehead atoms. The van der Waals surface area contributed by atoms with Crippen LogP contribution in [0.25, 0.3) is 0 Å². The van der Waals surface area contributed by atoms with Gasteiger partial charge in [-0.2, -0.15) is 0 Å². The van der Waals surface area contributed by atoms with E-state index in [1.165, 1.54) is 0 Å². The topological polar surface area (TPSA) is 62.3 Å². The second-order valence-corrected chi connectivity index (χ2v) is 4.97. The Balaban J connectivity index is 2.43. The van der Waals surface area contributed by atoms with Gasteiger partial charge in [0.2, 0.25) is 0 Å². The van der Waals surface area contributed by atoms with Gasteiger partial charge in [0.15, 0.2) is 0 Å². The first-order valence-electron chi connectivity index (χ1n) is 7.10. The smallest absolute Gasteiger partial charge is 0.134 e. The lowest BCUT2D eigenvalue weighted by molar-refractivity contribution is 0.126. The highest BCUT2D eigenvalue weighted by Crippen LogP contribution is 2.19. The van der Waals surface area contributed by atoms with E-state index < -0.39 is 0 Å². The maximum atomic E-state index is 5.55. The third kappa shape index (κ3) is 5.71. The van der Waals surface area contributed by atoms with Crippen LogP contribution in [0.2, 0.25) is 0 Å². The standard InChI is InChI=1S/C14H27N5O/c1-6-15-13-11(2)14(18-12(3)17-13)16-7-9-20-10-8-19(4)5/h6-10H2,1-5H3,(H2,15,16,17,18). The molecule has 0 atom stereocenters. The van der Waals surface area contributed by atoms with Gasteiger partial charge < -0.3 is 20.3 Å². The molecule has 0 aromatic carbocycles. The summed E-state index contributed by atoms with van der Waals surface area (Å²) in [6.45, 7) is 9.94. The Morgan fingerprint density at radius 3 is 2.30 bits per heavy atom. The van der Waals surface area contributed by atoms with Crippen LogP contribution in [0, 0.1) is 13.8 Å². The quantitative estimate of drug-likeness (QED) is 0.669. The fourth-order valence-electron chi connectivity index (χ4n) is 1.73. The molecule has 0 aliphatic rings. The number of ether oxygens (including phenoxy) is 1. The monoisotopic (exact) mass is 281 g/mol. The molecule has 0 fully saturated rings. The third-order valence-corrected chi connectivity index (χ3v) is 2.82. The average molecular weight is 281 g/mol. The van der Waals surface area contributed by atoms with Crippen molar-refractivity contribution in [1.82, 2.24) is 14.9 Å². The summed E-state index contributed by atoms with van der Waals surface area (Å²) in [4.78, 5) is 10.9. The molecule has 1 heterocycles. The maximum Gasteiger partial charge on any atom is 0.134 e. The van der Waals surface area contributed by atoms with E-state index in [1.54, 1.807) is 0 Å². The Morgan fingerprint density at radius 2 is 1.70 bits per heavy atom. The van der Waals surface area contributed by atoms with Gasteiger partial charge in [0.05, 0.1) is 13.2 Å². The molecule has 0 aliphatic heterocycles. The van der Waals surface area contributed by atoms with E-state index in [9.17, 15) is 0 Å². The van der Waals surface area contributed by atoms with E-state index >= 15 is 0 Å². The fraction of sp³-hybridized carbons (Fsp3) is 0.714. The Kier molecular flexibility index (Phi) is 7.25. The molecule has 2 N–H and O–H groups in total. The van der Waals surface area contributed by atoms with E-state index in [2.05, 4.69) is 32.4 Å². The molecule has 1 rings (SSSR count). The normalized spacial score (nSPS) is 10.9. The highest BCUT2D eigenvalue weighted by atomic mass is 16.5. The van der Waals surface area contributed by atoms with Gasteiger partial charge in [0, 0.05) is 25.2 Å². The first-order chi connectivity index (χ1) is 9.54. The summed E-state index contributed by atoms with van der Waals surface area (Å²) in [5.41, 5.74) is 1.05. The van der Waals surface area contributed by atoms with E-state index in [0.717, 1.165) is 49.3 Å². The minimum absolute atomic E-state index is 0.673. The molecule has 0 saturated carbocycles. The minimum atomic E-state index is 0.673. The van der Waals surface area contributed by atoms with E-state index in [4.69, 9.17) is 4.74 Å². The predicted octanol–water partition coefficient (Wildman–Crippen LogP) is 1.52.